The Bertz CT molecular complexity index is 613. The van der Waals surface area contributed by atoms with Crippen LogP contribution in [-0.4, -0.2) is 11.9 Å². The van der Waals surface area contributed by atoms with E-state index in [9.17, 15) is 9.59 Å². The number of carbonyl (C=O) groups excluding carboxylic acids is 2. The number of esters is 1. The second-order valence-corrected chi connectivity index (χ2v) is 4.75. The van der Waals surface area contributed by atoms with Gasteiger partial charge in [0.2, 0.25) is 0 Å². The zero-order valence-electron chi connectivity index (χ0n) is 12.0. The van der Waals surface area contributed by atoms with E-state index in [1.807, 2.05) is 36.4 Å². The quantitative estimate of drug-likeness (QED) is 0.654. The second-order valence-electron chi connectivity index (χ2n) is 4.75. The number of benzene rings is 2. The summed E-state index contributed by atoms with van der Waals surface area (Å²) in [5.74, 6) is 2.98. The van der Waals surface area contributed by atoms with Crippen molar-refractivity contribution in [2.75, 3.05) is 0 Å². The zero-order chi connectivity index (χ0) is 15.8. The van der Waals surface area contributed by atoms with E-state index in [-0.39, 0.29) is 13.0 Å². The van der Waals surface area contributed by atoms with Gasteiger partial charge in [-0.1, -0.05) is 60.7 Å². The third-order valence-electron chi connectivity index (χ3n) is 3.21. The molecule has 5 nitrogen and oxygen atoms in total. The molecule has 5 heteroatoms. The van der Waals surface area contributed by atoms with Crippen molar-refractivity contribution in [3.05, 3.63) is 71.8 Å². The highest BCUT2D eigenvalue weighted by atomic mass is 16.7. The van der Waals surface area contributed by atoms with E-state index < -0.39 is 17.9 Å². The maximum absolute atomic E-state index is 12.3. The van der Waals surface area contributed by atoms with Crippen LogP contribution in [0.3, 0.4) is 0 Å². The van der Waals surface area contributed by atoms with Gasteiger partial charge in [0, 0.05) is 0 Å². The maximum Gasteiger partial charge on any atom is 0.325 e. The van der Waals surface area contributed by atoms with Crippen LogP contribution >= 0.6 is 0 Å². The lowest BCUT2D eigenvalue weighted by atomic mass is 9.96. The van der Waals surface area contributed by atoms with Crippen molar-refractivity contribution >= 4 is 11.9 Å². The lowest BCUT2D eigenvalue weighted by molar-refractivity contribution is -0.153. The molecule has 22 heavy (non-hydrogen) atoms. The maximum atomic E-state index is 12.3. The number of ether oxygens (including phenoxy) is 1. The van der Waals surface area contributed by atoms with Gasteiger partial charge in [0.1, 0.15) is 6.61 Å². The van der Waals surface area contributed by atoms with Gasteiger partial charge in [-0.2, -0.15) is 5.90 Å². The van der Waals surface area contributed by atoms with Gasteiger partial charge in [-0.25, -0.2) is 0 Å². The Balaban J connectivity index is 2.07. The summed E-state index contributed by atoms with van der Waals surface area (Å²) in [4.78, 5) is 27.9. The van der Waals surface area contributed by atoms with Crippen LogP contribution in [-0.2, 0) is 25.8 Å². The fourth-order valence-electron chi connectivity index (χ4n) is 2.07. The average Bonchev–Trinajstić information content (AvgIpc) is 2.59. The van der Waals surface area contributed by atoms with Gasteiger partial charge in [-0.3, -0.25) is 9.59 Å². The summed E-state index contributed by atoms with van der Waals surface area (Å²) in [6.07, 6.45) is -0.159. The predicted octanol–water partition coefficient (Wildman–Crippen LogP) is 2.32. The third-order valence-corrected chi connectivity index (χ3v) is 3.21. The molecule has 2 aromatic carbocycles. The summed E-state index contributed by atoms with van der Waals surface area (Å²) >= 11 is 0. The van der Waals surface area contributed by atoms with Crippen LogP contribution in [0.25, 0.3) is 0 Å². The Morgan fingerprint density at radius 2 is 1.55 bits per heavy atom. The fraction of sp³-hybridized carbons (Fsp3) is 0.176. The van der Waals surface area contributed by atoms with Crippen molar-refractivity contribution in [2.24, 2.45) is 5.90 Å². The summed E-state index contributed by atoms with van der Waals surface area (Å²) < 4.78 is 5.30. The van der Waals surface area contributed by atoms with Gasteiger partial charge in [0.25, 0.3) is 0 Å². The van der Waals surface area contributed by atoms with E-state index in [1.165, 1.54) is 0 Å². The molecule has 0 aliphatic rings. The highest BCUT2D eigenvalue weighted by Gasteiger charge is 2.26. The number of hydrogen-bond acceptors (Lipinski definition) is 5. The van der Waals surface area contributed by atoms with Crippen LogP contribution in [0.4, 0.5) is 0 Å². The Morgan fingerprint density at radius 1 is 0.955 bits per heavy atom. The largest absolute Gasteiger partial charge is 0.460 e. The molecule has 0 spiro atoms. The minimum atomic E-state index is -0.735. The molecule has 0 aliphatic heterocycles. The van der Waals surface area contributed by atoms with Crippen LogP contribution in [0, 0.1) is 0 Å². The van der Waals surface area contributed by atoms with E-state index in [4.69, 9.17) is 10.6 Å². The van der Waals surface area contributed by atoms with Crippen molar-refractivity contribution in [2.45, 2.75) is 18.9 Å². The van der Waals surface area contributed by atoms with E-state index in [1.54, 1.807) is 24.3 Å². The number of hydrogen-bond donors (Lipinski definition) is 1. The molecule has 1 atom stereocenters. The van der Waals surface area contributed by atoms with Crippen molar-refractivity contribution in [3.8, 4) is 0 Å². The molecule has 2 rings (SSSR count). The van der Waals surface area contributed by atoms with Crippen LogP contribution in [0.15, 0.2) is 60.7 Å². The first-order valence-electron chi connectivity index (χ1n) is 6.85. The monoisotopic (exact) mass is 299 g/mol. The Kier molecular flexibility index (Phi) is 5.68. The summed E-state index contributed by atoms with van der Waals surface area (Å²) in [7, 11) is 0. The van der Waals surface area contributed by atoms with Gasteiger partial charge in [0.15, 0.2) is 0 Å². The van der Waals surface area contributed by atoms with Crippen molar-refractivity contribution in [1.29, 1.82) is 0 Å². The molecule has 0 radical (unpaired) electrons. The minimum Gasteiger partial charge on any atom is -0.460 e. The summed E-state index contributed by atoms with van der Waals surface area (Å²) in [6.45, 7) is 0.153. The first-order valence-corrected chi connectivity index (χ1v) is 6.85. The topological polar surface area (TPSA) is 78.6 Å². The summed E-state index contributed by atoms with van der Waals surface area (Å²) in [5.41, 5.74) is 1.56. The van der Waals surface area contributed by atoms with Gasteiger partial charge >= 0.3 is 11.9 Å². The molecule has 0 heterocycles. The molecular weight excluding hydrogens is 282 g/mol. The molecule has 0 bridgehead atoms. The average molecular weight is 299 g/mol. The molecule has 0 aromatic heterocycles. The lowest BCUT2D eigenvalue weighted by Crippen LogP contribution is -2.21. The summed E-state index contributed by atoms with van der Waals surface area (Å²) in [6, 6.07) is 18.3. The molecule has 1 unspecified atom stereocenters. The molecule has 2 aromatic rings. The van der Waals surface area contributed by atoms with Gasteiger partial charge in [-0.05, 0) is 11.1 Å². The van der Waals surface area contributed by atoms with Crippen LogP contribution in [0.5, 0.6) is 0 Å². The molecule has 0 fully saturated rings. The van der Waals surface area contributed by atoms with E-state index in [2.05, 4.69) is 4.84 Å². The number of rotatable bonds is 6. The fourth-order valence-corrected chi connectivity index (χ4v) is 2.07. The van der Waals surface area contributed by atoms with Crippen molar-refractivity contribution in [1.82, 2.24) is 0 Å². The smallest absolute Gasteiger partial charge is 0.325 e. The predicted molar refractivity (Wildman–Crippen MR) is 80.3 cm³/mol. The highest BCUT2D eigenvalue weighted by Crippen LogP contribution is 2.22. The first kappa shape index (κ1) is 15.7. The van der Waals surface area contributed by atoms with E-state index >= 15 is 0 Å². The minimum absolute atomic E-state index is 0.153. The molecule has 0 saturated heterocycles. The van der Waals surface area contributed by atoms with Gasteiger partial charge in [-0.15, -0.1) is 0 Å². The van der Waals surface area contributed by atoms with Crippen LogP contribution in [0.2, 0.25) is 0 Å². The second kappa shape index (κ2) is 7.95. The number of carbonyl (C=O) groups is 2. The first-order chi connectivity index (χ1) is 10.7. The molecule has 0 aliphatic carbocycles. The van der Waals surface area contributed by atoms with Crippen LogP contribution in [0.1, 0.15) is 23.5 Å². The summed E-state index contributed by atoms with van der Waals surface area (Å²) in [5, 5.41) is 0. The van der Waals surface area contributed by atoms with Crippen molar-refractivity contribution < 1.29 is 19.2 Å². The standard InChI is InChI=1S/C17H17NO4/c18-22-16(19)11-15(14-9-5-2-6-10-14)17(20)21-12-13-7-3-1-4-8-13/h1-10,15H,11-12,18H2. The molecular formula is C17H17NO4. The van der Waals surface area contributed by atoms with Gasteiger partial charge < -0.3 is 9.57 Å². The molecule has 2 N–H and O–H groups in total. The van der Waals surface area contributed by atoms with Crippen LogP contribution < -0.4 is 5.90 Å². The Labute approximate surface area is 128 Å². The normalized spacial score (nSPS) is 11.5. The SMILES string of the molecule is NOC(=O)CC(C(=O)OCc1ccccc1)c1ccccc1. The number of nitrogens with two attached hydrogens (primary N) is 1. The van der Waals surface area contributed by atoms with Crippen molar-refractivity contribution in [3.63, 3.8) is 0 Å². The molecule has 0 amide bonds. The van der Waals surface area contributed by atoms with E-state index in [0.717, 1.165) is 5.56 Å². The molecule has 114 valence electrons. The lowest BCUT2D eigenvalue weighted by Gasteiger charge is -2.15. The highest BCUT2D eigenvalue weighted by molar-refractivity contribution is 5.84. The zero-order valence-corrected chi connectivity index (χ0v) is 12.0. The third kappa shape index (κ3) is 4.43. The molecule has 0 saturated carbocycles. The Hall–Kier alpha value is -2.66. The van der Waals surface area contributed by atoms with E-state index in [0.29, 0.717) is 5.56 Å². The Morgan fingerprint density at radius 3 is 2.14 bits per heavy atom. The van der Waals surface area contributed by atoms with Gasteiger partial charge in [0.05, 0.1) is 12.3 Å².